The molecule has 2 rings (SSSR count). The smallest absolute Gasteiger partial charge is 0.168 e. The molecule has 3 heteroatoms. The molecule has 0 spiro atoms. The van der Waals surface area contributed by atoms with Gasteiger partial charge in [-0.05, 0) is 25.5 Å². The fourth-order valence-corrected chi connectivity index (χ4v) is 1.52. The Bertz CT molecular complexity index is 334. The summed E-state index contributed by atoms with van der Waals surface area (Å²) in [5.41, 5.74) is 1.16. The van der Waals surface area contributed by atoms with E-state index in [0.717, 1.165) is 13.0 Å². The number of nitrogens with one attached hydrogen (secondary N) is 1. The van der Waals surface area contributed by atoms with Crippen LogP contribution in [0.2, 0.25) is 0 Å². The molecule has 2 N–H and O–H groups in total. The van der Waals surface area contributed by atoms with Crippen LogP contribution in [0.25, 0.3) is 0 Å². The molecule has 0 bridgehead atoms. The molecule has 1 unspecified atom stereocenters. The average Bonchev–Trinajstić information content (AvgIpc) is 2.03. The van der Waals surface area contributed by atoms with Crippen molar-refractivity contribution in [3.8, 4) is 5.75 Å². The number of hydrogen-bond acceptors (Lipinski definition) is 2. The van der Waals surface area contributed by atoms with Crippen molar-refractivity contribution in [2.24, 2.45) is 0 Å². The number of aryl methyl sites for hydroxylation is 1. The lowest BCUT2D eigenvalue weighted by Gasteiger charge is -2.28. The third kappa shape index (κ3) is 1.29. The van der Waals surface area contributed by atoms with Gasteiger partial charge in [-0.1, -0.05) is 12.1 Å². The lowest BCUT2D eigenvalue weighted by atomic mass is 9.96. The van der Waals surface area contributed by atoms with Crippen LogP contribution in [0.3, 0.4) is 0 Å². The molecule has 0 aliphatic carbocycles. The van der Waals surface area contributed by atoms with Crippen LogP contribution in [0.5, 0.6) is 5.75 Å². The van der Waals surface area contributed by atoms with Crippen LogP contribution < -0.4 is 5.32 Å². The Hall–Kier alpha value is -1.09. The van der Waals surface area contributed by atoms with E-state index in [4.69, 9.17) is 0 Å². The molecule has 0 amide bonds. The summed E-state index contributed by atoms with van der Waals surface area (Å²) in [4.78, 5) is 0. The number of phenolic OH excluding ortho intramolecular Hbond substituents is 1. The van der Waals surface area contributed by atoms with Gasteiger partial charge in [0.15, 0.2) is 11.6 Å². The van der Waals surface area contributed by atoms with Gasteiger partial charge >= 0.3 is 0 Å². The number of benzene rings is 1. The van der Waals surface area contributed by atoms with E-state index in [0.29, 0.717) is 11.1 Å². The lowest BCUT2D eigenvalue weighted by molar-refractivity contribution is 0.354. The van der Waals surface area contributed by atoms with Crippen LogP contribution in [0.15, 0.2) is 12.1 Å². The molecule has 1 aliphatic rings. The van der Waals surface area contributed by atoms with E-state index in [9.17, 15) is 9.50 Å². The Kier molecular flexibility index (Phi) is 1.96. The summed E-state index contributed by atoms with van der Waals surface area (Å²) in [7, 11) is 0. The summed E-state index contributed by atoms with van der Waals surface area (Å²) in [6, 6.07) is 3.62. The standard InChI is InChI=1S/C10H12FNO/c1-6-2-3-7(8-4-5-12-8)10(13)9(6)11/h2-3,8,12-13H,4-5H2,1H3. The van der Waals surface area contributed by atoms with E-state index in [1.54, 1.807) is 19.1 Å². The number of rotatable bonds is 1. The Labute approximate surface area is 76.4 Å². The first kappa shape index (κ1) is 8.51. The molecule has 13 heavy (non-hydrogen) atoms. The summed E-state index contributed by atoms with van der Waals surface area (Å²) in [5, 5.41) is 12.6. The SMILES string of the molecule is Cc1ccc(C2CCN2)c(O)c1F. The first-order valence-electron chi connectivity index (χ1n) is 4.41. The average molecular weight is 181 g/mol. The number of halogens is 1. The molecule has 1 aromatic carbocycles. The Morgan fingerprint density at radius 2 is 2.23 bits per heavy atom. The largest absolute Gasteiger partial charge is 0.505 e. The Balaban J connectivity index is 2.41. The van der Waals surface area contributed by atoms with Gasteiger partial charge in [-0.25, -0.2) is 4.39 Å². The molecule has 1 aliphatic heterocycles. The molecule has 1 heterocycles. The predicted molar refractivity (Wildman–Crippen MR) is 48.2 cm³/mol. The van der Waals surface area contributed by atoms with Gasteiger partial charge in [0.1, 0.15) is 0 Å². The summed E-state index contributed by atoms with van der Waals surface area (Å²) < 4.78 is 13.2. The predicted octanol–water partition coefficient (Wildman–Crippen LogP) is 1.87. The van der Waals surface area contributed by atoms with Crippen LogP contribution in [-0.2, 0) is 0 Å². The fourth-order valence-electron chi connectivity index (χ4n) is 1.52. The van der Waals surface area contributed by atoms with Gasteiger partial charge in [0.25, 0.3) is 0 Å². The summed E-state index contributed by atoms with van der Waals surface area (Å²) >= 11 is 0. The maximum Gasteiger partial charge on any atom is 0.168 e. The monoisotopic (exact) mass is 181 g/mol. The third-order valence-corrected chi connectivity index (χ3v) is 2.54. The van der Waals surface area contributed by atoms with Gasteiger partial charge in [0.2, 0.25) is 0 Å². The molecule has 0 saturated carbocycles. The first-order chi connectivity index (χ1) is 6.20. The molecule has 1 aromatic rings. The number of aromatic hydroxyl groups is 1. The van der Waals surface area contributed by atoms with Crippen molar-refractivity contribution >= 4 is 0 Å². The van der Waals surface area contributed by atoms with E-state index in [2.05, 4.69) is 5.32 Å². The minimum Gasteiger partial charge on any atom is -0.505 e. The highest BCUT2D eigenvalue weighted by atomic mass is 19.1. The summed E-state index contributed by atoms with van der Waals surface area (Å²) in [6.07, 6.45) is 0.968. The molecule has 70 valence electrons. The zero-order valence-corrected chi connectivity index (χ0v) is 7.47. The first-order valence-corrected chi connectivity index (χ1v) is 4.41. The number of phenols is 1. The van der Waals surface area contributed by atoms with E-state index >= 15 is 0 Å². The minimum absolute atomic E-state index is 0.134. The quantitative estimate of drug-likeness (QED) is 0.693. The second kappa shape index (κ2) is 3.00. The zero-order chi connectivity index (χ0) is 9.42. The molecule has 0 radical (unpaired) electrons. The van der Waals surface area contributed by atoms with Crippen molar-refractivity contribution in [3.63, 3.8) is 0 Å². The van der Waals surface area contributed by atoms with Crippen molar-refractivity contribution in [2.45, 2.75) is 19.4 Å². The second-order valence-corrected chi connectivity index (χ2v) is 3.43. The summed E-state index contributed by atoms with van der Waals surface area (Å²) in [5.74, 6) is -0.691. The molecular weight excluding hydrogens is 169 g/mol. The molecule has 1 saturated heterocycles. The van der Waals surface area contributed by atoms with Gasteiger partial charge < -0.3 is 10.4 Å². The van der Waals surface area contributed by atoms with Crippen LogP contribution >= 0.6 is 0 Å². The zero-order valence-electron chi connectivity index (χ0n) is 7.47. The van der Waals surface area contributed by atoms with Gasteiger partial charge in [-0.3, -0.25) is 0 Å². The molecule has 2 nitrogen and oxygen atoms in total. The Morgan fingerprint density at radius 1 is 1.54 bits per heavy atom. The van der Waals surface area contributed by atoms with Crippen LogP contribution in [-0.4, -0.2) is 11.7 Å². The van der Waals surface area contributed by atoms with E-state index < -0.39 is 5.82 Å². The topological polar surface area (TPSA) is 32.3 Å². The highest BCUT2D eigenvalue weighted by Crippen LogP contribution is 2.33. The lowest BCUT2D eigenvalue weighted by Crippen LogP contribution is -2.35. The molecule has 1 atom stereocenters. The van der Waals surface area contributed by atoms with Crippen molar-refractivity contribution in [3.05, 3.63) is 29.1 Å². The third-order valence-electron chi connectivity index (χ3n) is 2.54. The van der Waals surface area contributed by atoms with Crippen LogP contribution in [0.4, 0.5) is 4.39 Å². The van der Waals surface area contributed by atoms with Crippen LogP contribution in [0.1, 0.15) is 23.6 Å². The van der Waals surface area contributed by atoms with Crippen molar-refractivity contribution < 1.29 is 9.50 Å². The summed E-state index contributed by atoms with van der Waals surface area (Å²) in [6.45, 7) is 2.59. The maximum atomic E-state index is 13.2. The normalized spacial score (nSPS) is 21.2. The van der Waals surface area contributed by atoms with E-state index in [-0.39, 0.29) is 11.8 Å². The molecule has 0 aromatic heterocycles. The highest BCUT2D eigenvalue weighted by molar-refractivity contribution is 5.40. The molecule has 1 fully saturated rings. The Morgan fingerprint density at radius 3 is 2.77 bits per heavy atom. The minimum atomic E-state index is -0.494. The van der Waals surface area contributed by atoms with Crippen molar-refractivity contribution in [1.29, 1.82) is 0 Å². The van der Waals surface area contributed by atoms with Crippen molar-refractivity contribution in [1.82, 2.24) is 5.32 Å². The second-order valence-electron chi connectivity index (χ2n) is 3.43. The van der Waals surface area contributed by atoms with Gasteiger partial charge in [0, 0.05) is 11.6 Å². The van der Waals surface area contributed by atoms with E-state index in [1.807, 2.05) is 0 Å². The van der Waals surface area contributed by atoms with Crippen LogP contribution in [0, 0.1) is 12.7 Å². The number of hydrogen-bond donors (Lipinski definition) is 2. The maximum absolute atomic E-state index is 13.2. The fraction of sp³-hybridized carbons (Fsp3) is 0.400. The van der Waals surface area contributed by atoms with E-state index in [1.165, 1.54) is 0 Å². The van der Waals surface area contributed by atoms with Gasteiger partial charge in [0.05, 0.1) is 0 Å². The highest BCUT2D eigenvalue weighted by Gasteiger charge is 2.23. The molecular formula is C10H12FNO. The van der Waals surface area contributed by atoms with Gasteiger partial charge in [-0.15, -0.1) is 0 Å². The van der Waals surface area contributed by atoms with Gasteiger partial charge in [-0.2, -0.15) is 0 Å². The van der Waals surface area contributed by atoms with Crippen molar-refractivity contribution in [2.75, 3.05) is 6.54 Å².